The average molecular weight is 440 g/mol. The lowest BCUT2D eigenvalue weighted by Crippen LogP contribution is -2.40. The fourth-order valence-electron chi connectivity index (χ4n) is 3.64. The highest BCUT2D eigenvalue weighted by Crippen LogP contribution is 2.28. The third kappa shape index (κ3) is 5.50. The van der Waals surface area contributed by atoms with Gasteiger partial charge in [0.2, 0.25) is 21.8 Å². The number of likely N-dealkylation sites (tertiary alicyclic amines) is 1. The first-order chi connectivity index (χ1) is 14.4. The monoisotopic (exact) mass is 439 g/mol. The van der Waals surface area contributed by atoms with E-state index in [-0.39, 0.29) is 42.0 Å². The van der Waals surface area contributed by atoms with E-state index in [0.29, 0.717) is 44.7 Å². The lowest BCUT2D eigenvalue weighted by atomic mass is 10.1. The van der Waals surface area contributed by atoms with E-state index < -0.39 is 10.0 Å². The predicted molar refractivity (Wildman–Crippen MR) is 110 cm³/mol. The Labute approximate surface area is 177 Å². The fraction of sp³-hybridized carbons (Fsp3) is 0.600. The van der Waals surface area contributed by atoms with Crippen LogP contribution in [0.15, 0.2) is 23.1 Å². The van der Waals surface area contributed by atoms with Crippen molar-refractivity contribution in [3.63, 3.8) is 0 Å². The molecule has 2 aliphatic heterocycles. The summed E-state index contributed by atoms with van der Waals surface area (Å²) >= 11 is 0. The highest BCUT2D eigenvalue weighted by Gasteiger charge is 2.29. The summed E-state index contributed by atoms with van der Waals surface area (Å²) < 4.78 is 37.9. The van der Waals surface area contributed by atoms with Gasteiger partial charge >= 0.3 is 0 Å². The summed E-state index contributed by atoms with van der Waals surface area (Å²) in [6.45, 7) is 3.19. The first-order valence-electron chi connectivity index (χ1n) is 10.2. The molecule has 9 nitrogen and oxygen atoms in total. The van der Waals surface area contributed by atoms with Gasteiger partial charge in [-0.05, 0) is 30.5 Å². The number of morpholine rings is 1. The molecule has 1 aromatic rings. The van der Waals surface area contributed by atoms with Crippen LogP contribution in [-0.4, -0.2) is 82.5 Å². The first kappa shape index (κ1) is 22.5. The minimum absolute atomic E-state index is 0.0599. The summed E-state index contributed by atoms with van der Waals surface area (Å²) in [7, 11) is -2.32. The lowest BCUT2D eigenvalue weighted by Gasteiger charge is -2.26. The van der Waals surface area contributed by atoms with Crippen LogP contribution < -0.4 is 10.1 Å². The summed E-state index contributed by atoms with van der Waals surface area (Å²) in [6.07, 6.45) is 2.27. The zero-order valence-corrected chi connectivity index (χ0v) is 18.1. The third-order valence-electron chi connectivity index (χ3n) is 5.28. The summed E-state index contributed by atoms with van der Waals surface area (Å²) in [5.74, 6) is 0.233. The van der Waals surface area contributed by atoms with Crippen LogP contribution in [0.3, 0.4) is 0 Å². The Kier molecular flexibility index (Phi) is 7.68. The summed E-state index contributed by atoms with van der Waals surface area (Å²) in [5, 5.41) is 2.84. The summed E-state index contributed by atoms with van der Waals surface area (Å²) in [4.78, 5) is 25.8. The number of carbonyl (C=O) groups is 2. The zero-order chi connectivity index (χ0) is 21.6. The molecule has 2 aliphatic rings. The second-order valence-electron chi connectivity index (χ2n) is 7.37. The maximum atomic E-state index is 13.0. The molecule has 166 valence electrons. The summed E-state index contributed by atoms with van der Waals surface area (Å²) in [5.41, 5.74) is 0.592. The Morgan fingerprint density at radius 1 is 1.23 bits per heavy atom. The number of sulfonamides is 1. The molecule has 0 saturated carbocycles. The normalized spacial score (nSPS) is 17.9. The van der Waals surface area contributed by atoms with Crippen molar-refractivity contribution in [2.45, 2.75) is 30.6 Å². The largest absolute Gasteiger partial charge is 0.495 e. The van der Waals surface area contributed by atoms with Crippen LogP contribution in [0.4, 0.5) is 0 Å². The Bertz CT molecular complexity index is 867. The predicted octanol–water partition coefficient (Wildman–Crippen LogP) is 0.387. The molecule has 2 saturated heterocycles. The minimum Gasteiger partial charge on any atom is -0.495 e. The highest BCUT2D eigenvalue weighted by atomic mass is 32.2. The van der Waals surface area contributed by atoms with Crippen LogP contribution in [0.5, 0.6) is 5.75 Å². The van der Waals surface area contributed by atoms with Gasteiger partial charge in [-0.1, -0.05) is 6.07 Å². The van der Waals surface area contributed by atoms with Gasteiger partial charge in [0.15, 0.2) is 0 Å². The van der Waals surface area contributed by atoms with E-state index in [1.807, 2.05) is 4.90 Å². The molecule has 1 aromatic carbocycles. The van der Waals surface area contributed by atoms with Crippen LogP contribution in [0.1, 0.15) is 24.8 Å². The number of amides is 2. The zero-order valence-electron chi connectivity index (χ0n) is 17.3. The standard InChI is InChI=1S/C20H29N3O6S/c1-28-17-6-5-16(14-18(17)30(26,27)23-10-12-29-13-11-23)15-19(24)21-7-3-9-22-8-2-4-20(22)25/h5-6,14H,2-4,7-13,15H2,1H3,(H,21,24). The van der Waals surface area contributed by atoms with Gasteiger partial charge in [-0.3, -0.25) is 9.59 Å². The fourth-order valence-corrected chi connectivity index (χ4v) is 5.26. The van der Waals surface area contributed by atoms with E-state index in [4.69, 9.17) is 9.47 Å². The van der Waals surface area contributed by atoms with E-state index in [2.05, 4.69) is 5.32 Å². The average Bonchev–Trinajstić information content (AvgIpc) is 3.16. The molecule has 0 aromatic heterocycles. The van der Waals surface area contributed by atoms with Crippen LogP contribution in [0.2, 0.25) is 0 Å². The Morgan fingerprint density at radius 2 is 2.00 bits per heavy atom. The number of benzene rings is 1. The number of nitrogens with one attached hydrogen (secondary N) is 1. The van der Waals surface area contributed by atoms with Crippen LogP contribution >= 0.6 is 0 Å². The van der Waals surface area contributed by atoms with Gasteiger partial charge in [-0.25, -0.2) is 8.42 Å². The van der Waals surface area contributed by atoms with Crippen LogP contribution in [0.25, 0.3) is 0 Å². The number of hydrogen-bond donors (Lipinski definition) is 1. The molecule has 1 N–H and O–H groups in total. The number of nitrogens with zero attached hydrogens (tertiary/aromatic N) is 2. The molecule has 0 bridgehead atoms. The maximum Gasteiger partial charge on any atom is 0.246 e. The number of methoxy groups -OCH3 is 1. The number of carbonyl (C=O) groups excluding carboxylic acids is 2. The Balaban J connectivity index is 1.58. The molecule has 0 radical (unpaired) electrons. The van der Waals surface area contributed by atoms with Crippen molar-refractivity contribution in [3.8, 4) is 5.75 Å². The first-order valence-corrected chi connectivity index (χ1v) is 11.6. The molecule has 3 rings (SSSR count). The topological polar surface area (TPSA) is 105 Å². The van der Waals surface area contributed by atoms with Crippen molar-refractivity contribution in [3.05, 3.63) is 23.8 Å². The van der Waals surface area contributed by atoms with E-state index in [1.165, 1.54) is 17.5 Å². The molecule has 0 spiro atoms. The molecule has 2 heterocycles. The van der Waals surface area contributed by atoms with Crippen molar-refractivity contribution < 1.29 is 27.5 Å². The molecular weight excluding hydrogens is 410 g/mol. The molecule has 10 heteroatoms. The van der Waals surface area contributed by atoms with Gasteiger partial charge in [0.25, 0.3) is 0 Å². The van der Waals surface area contributed by atoms with Gasteiger partial charge in [-0.15, -0.1) is 0 Å². The summed E-state index contributed by atoms with van der Waals surface area (Å²) in [6, 6.07) is 4.78. The second-order valence-corrected chi connectivity index (χ2v) is 9.27. The molecule has 0 aliphatic carbocycles. The molecule has 2 amide bonds. The second kappa shape index (κ2) is 10.2. The number of rotatable bonds is 9. The molecule has 0 atom stereocenters. The van der Waals surface area contributed by atoms with Crippen molar-refractivity contribution in [2.24, 2.45) is 0 Å². The van der Waals surface area contributed by atoms with Gasteiger partial charge in [0, 0.05) is 39.1 Å². The van der Waals surface area contributed by atoms with E-state index in [1.54, 1.807) is 12.1 Å². The Morgan fingerprint density at radius 3 is 2.67 bits per heavy atom. The quantitative estimate of drug-likeness (QED) is 0.558. The third-order valence-corrected chi connectivity index (χ3v) is 7.20. The van der Waals surface area contributed by atoms with E-state index in [0.717, 1.165) is 13.0 Å². The van der Waals surface area contributed by atoms with Crippen LogP contribution in [0, 0.1) is 0 Å². The van der Waals surface area contributed by atoms with Gasteiger partial charge < -0.3 is 19.7 Å². The van der Waals surface area contributed by atoms with Crippen LogP contribution in [-0.2, 0) is 30.8 Å². The van der Waals surface area contributed by atoms with Gasteiger partial charge in [0.05, 0.1) is 26.7 Å². The number of ether oxygens (including phenoxy) is 2. The smallest absolute Gasteiger partial charge is 0.246 e. The number of hydrogen-bond acceptors (Lipinski definition) is 6. The molecule has 2 fully saturated rings. The van der Waals surface area contributed by atoms with Crippen molar-refractivity contribution >= 4 is 21.8 Å². The molecule has 0 unspecified atom stereocenters. The van der Waals surface area contributed by atoms with Gasteiger partial charge in [-0.2, -0.15) is 4.31 Å². The van der Waals surface area contributed by atoms with Crippen molar-refractivity contribution in [2.75, 3.05) is 53.0 Å². The Hall–Kier alpha value is -2.17. The van der Waals surface area contributed by atoms with Crippen molar-refractivity contribution in [1.82, 2.24) is 14.5 Å². The maximum absolute atomic E-state index is 13.0. The van der Waals surface area contributed by atoms with E-state index in [9.17, 15) is 18.0 Å². The van der Waals surface area contributed by atoms with Gasteiger partial charge in [0.1, 0.15) is 10.6 Å². The molecule has 30 heavy (non-hydrogen) atoms. The SMILES string of the molecule is COc1ccc(CC(=O)NCCCN2CCCC2=O)cc1S(=O)(=O)N1CCOCC1. The van der Waals surface area contributed by atoms with E-state index >= 15 is 0 Å². The molecular formula is C20H29N3O6S. The lowest BCUT2D eigenvalue weighted by molar-refractivity contribution is -0.127. The van der Waals surface area contributed by atoms with Crippen molar-refractivity contribution in [1.29, 1.82) is 0 Å². The highest BCUT2D eigenvalue weighted by molar-refractivity contribution is 7.89. The minimum atomic E-state index is -3.74.